The first-order chi connectivity index (χ1) is 21.4. The molecule has 1 aromatic carbocycles. The van der Waals surface area contributed by atoms with E-state index >= 15 is 0 Å². The Bertz CT molecular complexity index is 1280. The van der Waals surface area contributed by atoms with Crippen molar-refractivity contribution in [3.05, 3.63) is 36.7 Å². The molecule has 0 aliphatic carbocycles. The van der Waals surface area contributed by atoms with Crippen LogP contribution < -0.4 is 9.47 Å². The second-order valence-electron chi connectivity index (χ2n) is 9.68. The van der Waals surface area contributed by atoms with E-state index in [4.69, 9.17) is 4.74 Å². The van der Waals surface area contributed by atoms with Crippen molar-refractivity contribution < 1.29 is 84.8 Å². The van der Waals surface area contributed by atoms with Gasteiger partial charge in [-0.1, -0.05) is 39.0 Å². The Labute approximate surface area is 256 Å². The molecule has 0 N–H and O–H groups in total. The minimum absolute atomic E-state index is 0.0255. The molecule has 0 bridgehead atoms. The molecule has 2 aromatic rings. The Morgan fingerprint density at radius 1 is 0.596 bits per heavy atom. The Morgan fingerprint density at radius 2 is 1.15 bits per heavy atom. The molecule has 47 heavy (non-hydrogen) atoms. The molecule has 1 aromatic heterocycles. The number of unbranched alkanes of at least 4 members (excludes halogenated alkanes) is 5. The summed E-state index contributed by atoms with van der Waals surface area (Å²) >= 11 is 0. The number of hydrogen-bond donors (Lipinski definition) is 0. The Kier molecular flexibility index (Phi) is 12.7. The van der Waals surface area contributed by atoms with Gasteiger partial charge in [0.2, 0.25) is 0 Å². The largest absolute Gasteiger partial charge is 0.490 e. The summed E-state index contributed by atoms with van der Waals surface area (Å²) in [7, 11) is 0. The molecule has 0 saturated heterocycles. The zero-order valence-corrected chi connectivity index (χ0v) is 23.8. The van der Waals surface area contributed by atoms with Gasteiger partial charge in [0.1, 0.15) is 0 Å². The molecule has 0 atom stereocenters. The number of nitrogens with zero attached hydrogens (tertiary/aromatic N) is 2. The van der Waals surface area contributed by atoms with E-state index in [9.17, 15) is 65.9 Å². The standard InChI is InChI=1S/C26H25F15N2O4/c1-2-3-4-5-6-7-13-44-18-14-16(19-42-11-8-12-43-19)9-10-17(18)45-15-20(27,28)46-25(38,39)26(40,41)47-24(36,37)22(31,32)21(29,30)23(33,34)35/h8-12,14H,2-7,13,15H2,1H3. The van der Waals surface area contributed by atoms with Crippen molar-refractivity contribution in [2.45, 2.75) is 87.9 Å². The lowest BCUT2D eigenvalue weighted by Gasteiger charge is -2.36. The van der Waals surface area contributed by atoms with Gasteiger partial charge in [0, 0.05) is 18.0 Å². The summed E-state index contributed by atoms with van der Waals surface area (Å²) in [5, 5.41) is 0. The second-order valence-corrected chi connectivity index (χ2v) is 9.68. The van der Waals surface area contributed by atoms with Crippen molar-refractivity contribution in [3.8, 4) is 22.9 Å². The van der Waals surface area contributed by atoms with Crippen LogP contribution in [-0.4, -0.2) is 65.6 Å². The van der Waals surface area contributed by atoms with Crippen molar-refractivity contribution in [2.24, 2.45) is 0 Å². The van der Waals surface area contributed by atoms with Crippen molar-refractivity contribution in [1.82, 2.24) is 9.97 Å². The molecule has 2 rings (SSSR count). The molecule has 0 fully saturated rings. The van der Waals surface area contributed by atoms with Gasteiger partial charge in [-0.05, 0) is 30.7 Å². The normalized spacial score (nSPS) is 14.0. The number of rotatable bonds is 19. The third-order valence-corrected chi connectivity index (χ3v) is 5.91. The summed E-state index contributed by atoms with van der Waals surface area (Å²) in [4.78, 5) is 7.92. The van der Waals surface area contributed by atoms with Gasteiger partial charge in [-0.2, -0.15) is 65.9 Å². The van der Waals surface area contributed by atoms with Crippen LogP contribution in [0.1, 0.15) is 45.4 Å². The van der Waals surface area contributed by atoms with Gasteiger partial charge in [-0.25, -0.2) is 19.4 Å². The highest BCUT2D eigenvalue weighted by molar-refractivity contribution is 5.60. The van der Waals surface area contributed by atoms with E-state index in [1.165, 1.54) is 30.6 Å². The van der Waals surface area contributed by atoms with Crippen LogP contribution in [0.5, 0.6) is 11.5 Å². The van der Waals surface area contributed by atoms with E-state index in [0.29, 0.717) is 12.8 Å². The topological polar surface area (TPSA) is 62.7 Å². The Hall–Kier alpha value is -3.23. The van der Waals surface area contributed by atoms with Gasteiger partial charge < -0.3 is 9.47 Å². The van der Waals surface area contributed by atoms with E-state index < -0.39 is 54.8 Å². The maximum absolute atomic E-state index is 14.2. The third kappa shape index (κ3) is 9.89. The molecule has 0 aliphatic rings. The Balaban J connectivity index is 2.21. The average Bonchev–Trinajstić information content (AvgIpc) is 2.94. The smallest absolute Gasteiger partial charge is 0.460 e. The summed E-state index contributed by atoms with van der Waals surface area (Å²) in [5.74, 6) is -16.6. The van der Waals surface area contributed by atoms with Crippen LogP contribution in [0.2, 0.25) is 0 Å². The fourth-order valence-corrected chi connectivity index (χ4v) is 3.48. The molecule has 0 aliphatic heterocycles. The first kappa shape index (κ1) is 39.9. The molecule has 0 saturated carbocycles. The van der Waals surface area contributed by atoms with E-state index in [-0.39, 0.29) is 23.7 Å². The van der Waals surface area contributed by atoms with Crippen LogP contribution in [-0.2, 0) is 9.47 Å². The van der Waals surface area contributed by atoms with E-state index in [0.717, 1.165) is 31.7 Å². The lowest BCUT2D eigenvalue weighted by Crippen LogP contribution is -2.64. The van der Waals surface area contributed by atoms with Gasteiger partial charge in [-0.15, -0.1) is 0 Å². The molecule has 6 nitrogen and oxygen atoms in total. The van der Waals surface area contributed by atoms with Crippen LogP contribution in [0.3, 0.4) is 0 Å². The van der Waals surface area contributed by atoms with Gasteiger partial charge >= 0.3 is 42.5 Å². The lowest BCUT2D eigenvalue weighted by molar-refractivity contribution is -0.542. The molecular weight excluding hydrogens is 689 g/mol. The fourth-order valence-electron chi connectivity index (χ4n) is 3.48. The summed E-state index contributed by atoms with van der Waals surface area (Å²) in [6.45, 7) is -0.441. The minimum atomic E-state index is -7.94. The minimum Gasteiger partial charge on any atom is -0.490 e. The summed E-state index contributed by atoms with van der Waals surface area (Å²) in [6, 6.07) is 4.76. The quantitative estimate of drug-likeness (QED) is 0.107. The summed E-state index contributed by atoms with van der Waals surface area (Å²) in [5.41, 5.74) is 0.232. The zero-order chi connectivity index (χ0) is 36.0. The monoisotopic (exact) mass is 714 g/mol. The highest BCUT2D eigenvalue weighted by atomic mass is 19.4. The Morgan fingerprint density at radius 3 is 1.72 bits per heavy atom. The van der Waals surface area contributed by atoms with Crippen molar-refractivity contribution in [2.75, 3.05) is 13.2 Å². The summed E-state index contributed by atoms with van der Waals surface area (Å²) in [6.07, 6.45) is -27.7. The fraction of sp³-hybridized carbons (Fsp3) is 0.615. The van der Waals surface area contributed by atoms with E-state index in [1.54, 1.807) is 4.74 Å². The van der Waals surface area contributed by atoms with Crippen LogP contribution in [0.15, 0.2) is 36.7 Å². The van der Waals surface area contributed by atoms with Crippen LogP contribution in [0.4, 0.5) is 65.9 Å². The molecular formula is C26H25F15N2O4. The number of hydrogen-bond acceptors (Lipinski definition) is 6. The number of ether oxygens (including phenoxy) is 4. The zero-order valence-electron chi connectivity index (χ0n) is 23.8. The van der Waals surface area contributed by atoms with Crippen LogP contribution >= 0.6 is 0 Å². The highest BCUT2D eigenvalue weighted by Crippen LogP contribution is 2.56. The molecule has 1 heterocycles. The predicted octanol–water partition coefficient (Wildman–Crippen LogP) is 9.50. The average molecular weight is 714 g/mol. The van der Waals surface area contributed by atoms with Gasteiger partial charge in [0.05, 0.1) is 6.61 Å². The molecule has 21 heteroatoms. The predicted molar refractivity (Wildman–Crippen MR) is 130 cm³/mol. The summed E-state index contributed by atoms with van der Waals surface area (Å²) < 4.78 is 213. The number of benzene rings is 1. The van der Waals surface area contributed by atoms with Crippen LogP contribution in [0, 0.1) is 0 Å². The van der Waals surface area contributed by atoms with Gasteiger partial charge in [0.15, 0.2) is 23.9 Å². The number of halogens is 15. The van der Waals surface area contributed by atoms with E-state index in [2.05, 4.69) is 19.4 Å². The maximum atomic E-state index is 14.2. The van der Waals surface area contributed by atoms with Gasteiger partial charge in [-0.3, -0.25) is 0 Å². The number of aromatic nitrogens is 2. The van der Waals surface area contributed by atoms with Crippen molar-refractivity contribution >= 4 is 0 Å². The molecule has 268 valence electrons. The number of alkyl halides is 15. The molecule has 0 radical (unpaired) electrons. The first-order valence-corrected chi connectivity index (χ1v) is 13.3. The second kappa shape index (κ2) is 14.9. The molecule has 0 spiro atoms. The third-order valence-electron chi connectivity index (χ3n) is 5.91. The van der Waals surface area contributed by atoms with Crippen molar-refractivity contribution in [1.29, 1.82) is 0 Å². The van der Waals surface area contributed by atoms with E-state index in [1.807, 2.05) is 6.92 Å². The SMILES string of the molecule is CCCCCCCCOc1cc(-c2ncccn2)ccc1OCC(F)(F)OC(F)(F)C(F)(F)OC(F)(F)C(F)(F)C(F)(F)C(F)(F)F. The maximum Gasteiger partial charge on any atom is 0.460 e. The molecule has 0 unspecified atom stereocenters. The molecule has 0 amide bonds. The van der Waals surface area contributed by atoms with Crippen molar-refractivity contribution in [3.63, 3.8) is 0 Å². The first-order valence-electron chi connectivity index (χ1n) is 13.3. The van der Waals surface area contributed by atoms with Gasteiger partial charge in [0.25, 0.3) is 0 Å². The lowest BCUT2D eigenvalue weighted by atomic mass is 10.1. The highest BCUT2D eigenvalue weighted by Gasteiger charge is 2.85. The van der Waals surface area contributed by atoms with Crippen LogP contribution in [0.25, 0.3) is 11.4 Å².